The fourth-order valence-electron chi connectivity index (χ4n) is 2.53. The highest BCUT2D eigenvalue weighted by molar-refractivity contribution is 8.26. The van der Waals surface area contributed by atoms with Crippen LogP contribution in [-0.4, -0.2) is 28.1 Å². The maximum atomic E-state index is 12.4. The summed E-state index contributed by atoms with van der Waals surface area (Å²) in [5.74, 6) is -0.230. The summed E-state index contributed by atoms with van der Waals surface area (Å²) in [4.78, 5) is 26.5. The van der Waals surface area contributed by atoms with Gasteiger partial charge >= 0.3 is 0 Å². The third kappa shape index (κ3) is 4.03. The molecular weight excluding hydrogens is 364 g/mol. The molecule has 26 heavy (non-hydrogen) atoms. The molecule has 6 heteroatoms. The van der Waals surface area contributed by atoms with Crippen LogP contribution in [0.25, 0.3) is 6.08 Å². The molecule has 132 valence electrons. The molecule has 2 aromatic carbocycles. The van der Waals surface area contributed by atoms with E-state index in [4.69, 9.17) is 12.2 Å². The molecule has 1 saturated heterocycles. The average Bonchev–Trinajstić information content (AvgIpc) is 2.89. The summed E-state index contributed by atoms with van der Waals surface area (Å²) in [7, 11) is 1.67. The van der Waals surface area contributed by atoms with Gasteiger partial charge in [-0.05, 0) is 36.3 Å². The van der Waals surface area contributed by atoms with Gasteiger partial charge in [0.15, 0.2) is 0 Å². The number of thiocarbonyl (C=S) groups is 1. The number of rotatable bonds is 4. The van der Waals surface area contributed by atoms with Crippen LogP contribution in [0.15, 0.2) is 59.5 Å². The highest BCUT2D eigenvalue weighted by Gasteiger charge is 2.28. The third-order valence-corrected chi connectivity index (χ3v) is 5.59. The van der Waals surface area contributed by atoms with Crippen LogP contribution in [0, 0.1) is 0 Å². The lowest BCUT2D eigenvalue weighted by Gasteiger charge is -2.14. The molecule has 0 spiro atoms. The fourth-order valence-corrected chi connectivity index (χ4v) is 3.71. The lowest BCUT2D eigenvalue weighted by molar-refractivity contribution is -0.121. The topological polar surface area (TPSA) is 49.4 Å². The molecule has 1 atom stereocenters. The summed E-state index contributed by atoms with van der Waals surface area (Å²) in [6.07, 6.45) is 1.79. The van der Waals surface area contributed by atoms with E-state index < -0.39 is 0 Å². The number of nitrogens with zero attached hydrogens (tertiary/aromatic N) is 1. The van der Waals surface area contributed by atoms with Gasteiger partial charge in [0, 0.05) is 12.6 Å². The maximum absolute atomic E-state index is 12.4. The van der Waals surface area contributed by atoms with Crippen molar-refractivity contribution >= 4 is 46.2 Å². The Labute approximate surface area is 162 Å². The van der Waals surface area contributed by atoms with Crippen LogP contribution in [0.5, 0.6) is 0 Å². The summed E-state index contributed by atoms with van der Waals surface area (Å²) in [6, 6.07) is 16.9. The van der Waals surface area contributed by atoms with Crippen LogP contribution in [0.2, 0.25) is 0 Å². The molecule has 1 aliphatic heterocycles. The van der Waals surface area contributed by atoms with Gasteiger partial charge in [0.2, 0.25) is 0 Å². The van der Waals surface area contributed by atoms with E-state index >= 15 is 0 Å². The Morgan fingerprint density at radius 1 is 1.15 bits per heavy atom. The number of thioether (sulfide) groups is 1. The molecule has 0 aromatic heterocycles. The quantitative estimate of drug-likeness (QED) is 0.641. The van der Waals surface area contributed by atoms with Crippen molar-refractivity contribution in [1.82, 2.24) is 10.2 Å². The van der Waals surface area contributed by atoms with Crippen molar-refractivity contribution < 1.29 is 9.59 Å². The summed E-state index contributed by atoms with van der Waals surface area (Å²) in [5, 5.41) is 2.99. The van der Waals surface area contributed by atoms with E-state index in [1.807, 2.05) is 49.4 Å². The molecule has 2 amide bonds. The van der Waals surface area contributed by atoms with Gasteiger partial charge in [-0.25, -0.2) is 0 Å². The number of hydrogen-bond donors (Lipinski definition) is 1. The van der Waals surface area contributed by atoms with Crippen LogP contribution in [0.4, 0.5) is 0 Å². The number of carbonyl (C=O) groups excluding carboxylic acids is 2. The molecule has 1 aliphatic rings. The van der Waals surface area contributed by atoms with E-state index in [0.717, 1.165) is 11.1 Å². The van der Waals surface area contributed by atoms with Gasteiger partial charge in [-0.15, -0.1) is 0 Å². The standard InChI is InChI=1S/C20H18N2O2S2/c1-13(15-6-4-3-5-7-15)21-18(23)16-10-8-14(9-11-16)12-17-19(24)22(2)20(25)26-17/h3-13H,1-2H3,(H,21,23). The van der Waals surface area contributed by atoms with Gasteiger partial charge < -0.3 is 5.32 Å². The van der Waals surface area contributed by atoms with E-state index in [1.165, 1.54) is 16.7 Å². The number of hydrogen-bond acceptors (Lipinski definition) is 4. The highest BCUT2D eigenvalue weighted by atomic mass is 32.2. The maximum Gasteiger partial charge on any atom is 0.265 e. The van der Waals surface area contributed by atoms with Crippen LogP contribution in [0.3, 0.4) is 0 Å². The zero-order valence-electron chi connectivity index (χ0n) is 14.4. The predicted octanol–water partition coefficient (Wildman–Crippen LogP) is 4.01. The van der Waals surface area contributed by atoms with Gasteiger partial charge in [-0.2, -0.15) is 0 Å². The second kappa shape index (κ2) is 7.85. The van der Waals surface area contributed by atoms with Gasteiger partial charge in [-0.3, -0.25) is 14.5 Å². The molecule has 1 fully saturated rings. The number of benzene rings is 2. The van der Waals surface area contributed by atoms with Gasteiger partial charge in [0.05, 0.1) is 10.9 Å². The minimum atomic E-state index is -0.132. The second-order valence-electron chi connectivity index (χ2n) is 5.97. The average molecular weight is 383 g/mol. The first kappa shape index (κ1) is 18.4. The van der Waals surface area contributed by atoms with Gasteiger partial charge in [0.25, 0.3) is 11.8 Å². The van der Waals surface area contributed by atoms with E-state index in [-0.39, 0.29) is 17.9 Å². The summed E-state index contributed by atoms with van der Waals surface area (Å²) in [5.41, 5.74) is 2.48. The molecule has 0 aliphatic carbocycles. The zero-order chi connectivity index (χ0) is 18.7. The van der Waals surface area contributed by atoms with Crippen molar-refractivity contribution in [2.24, 2.45) is 0 Å². The predicted molar refractivity (Wildman–Crippen MR) is 110 cm³/mol. The molecular formula is C20H18N2O2S2. The van der Waals surface area contributed by atoms with Gasteiger partial charge in [-0.1, -0.05) is 66.4 Å². The Hall–Kier alpha value is -2.44. The first-order chi connectivity index (χ1) is 12.5. The van der Waals surface area contributed by atoms with Crippen LogP contribution < -0.4 is 5.32 Å². The minimum absolute atomic E-state index is 0.0745. The molecule has 3 rings (SSSR count). The van der Waals surface area contributed by atoms with E-state index in [1.54, 1.807) is 25.3 Å². The van der Waals surface area contributed by atoms with E-state index in [0.29, 0.717) is 14.8 Å². The van der Waals surface area contributed by atoms with Crippen molar-refractivity contribution in [1.29, 1.82) is 0 Å². The van der Waals surface area contributed by atoms with Crippen molar-refractivity contribution in [3.63, 3.8) is 0 Å². The Morgan fingerprint density at radius 2 is 1.81 bits per heavy atom. The lowest BCUT2D eigenvalue weighted by atomic mass is 10.1. The summed E-state index contributed by atoms with van der Waals surface area (Å²) in [6.45, 7) is 1.95. The number of amides is 2. The first-order valence-electron chi connectivity index (χ1n) is 8.13. The normalized spacial score (nSPS) is 16.8. The second-order valence-corrected chi connectivity index (χ2v) is 7.64. The molecule has 2 aromatic rings. The first-order valence-corrected chi connectivity index (χ1v) is 9.35. The van der Waals surface area contributed by atoms with E-state index in [2.05, 4.69) is 5.32 Å². The van der Waals surface area contributed by atoms with Crippen molar-refractivity contribution in [2.75, 3.05) is 7.05 Å². The Balaban J connectivity index is 1.69. The highest BCUT2D eigenvalue weighted by Crippen LogP contribution is 2.31. The molecule has 1 heterocycles. The fraction of sp³-hybridized carbons (Fsp3) is 0.150. The van der Waals surface area contributed by atoms with Crippen LogP contribution >= 0.6 is 24.0 Å². The minimum Gasteiger partial charge on any atom is -0.346 e. The lowest BCUT2D eigenvalue weighted by Crippen LogP contribution is -2.26. The SMILES string of the molecule is CC(NC(=O)c1ccc(C=C2SC(=S)N(C)C2=O)cc1)c1ccccc1. The van der Waals surface area contributed by atoms with Crippen LogP contribution in [-0.2, 0) is 4.79 Å². The monoisotopic (exact) mass is 382 g/mol. The van der Waals surface area contributed by atoms with Crippen molar-refractivity contribution in [3.05, 3.63) is 76.2 Å². The number of nitrogens with one attached hydrogen (secondary N) is 1. The molecule has 0 saturated carbocycles. The number of likely N-dealkylation sites (N-methyl/N-ethyl adjacent to an activating group) is 1. The van der Waals surface area contributed by atoms with Crippen molar-refractivity contribution in [3.8, 4) is 0 Å². The Morgan fingerprint density at radius 3 is 2.38 bits per heavy atom. The molecule has 1 N–H and O–H groups in total. The molecule has 0 bridgehead atoms. The molecule has 1 unspecified atom stereocenters. The largest absolute Gasteiger partial charge is 0.346 e. The number of carbonyl (C=O) groups is 2. The van der Waals surface area contributed by atoms with Gasteiger partial charge in [0.1, 0.15) is 4.32 Å². The smallest absolute Gasteiger partial charge is 0.265 e. The Bertz CT molecular complexity index is 876. The van der Waals surface area contributed by atoms with Crippen LogP contribution in [0.1, 0.15) is 34.5 Å². The Kier molecular flexibility index (Phi) is 5.54. The van der Waals surface area contributed by atoms with Crippen molar-refractivity contribution in [2.45, 2.75) is 13.0 Å². The third-order valence-electron chi connectivity index (χ3n) is 4.10. The zero-order valence-corrected chi connectivity index (χ0v) is 16.1. The molecule has 0 radical (unpaired) electrons. The summed E-state index contributed by atoms with van der Waals surface area (Å²) < 4.78 is 0.548. The molecule has 4 nitrogen and oxygen atoms in total. The summed E-state index contributed by atoms with van der Waals surface area (Å²) >= 11 is 6.40. The van der Waals surface area contributed by atoms with E-state index in [9.17, 15) is 9.59 Å².